The van der Waals surface area contributed by atoms with Crippen molar-refractivity contribution in [3.05, 3.63) is 104 Å². The molecule has 2 atom stereocenters. The lowest BCUT2D eigenvalue weighted by Gasteiger charge is -2.46. The molecule has 0 radical (unpaired) electrons. The predicted molar refractivity (Wildman–Crippen MR) is 205 cm³/mol. The zero-order chi connectivity index (χ0) is 40.5. The minimum Gasteiger partial charge on any atom is -0.396 e. The Morgan fingerprint density at radius 1 is 0.947 bits per heavy atom. The molecule has 1 aliphatic carbocycles. The van der Waals surface area contributed by atoms with Gasteiger partial charge in [-0.1, -0.05) is 53.5 Å². The molecule has 2 fully saturated rings. The quantitative estimate of drug-likeness (QED) is 0.197. The van der Waals surface area contributed by atoms with E-state index in [0.29, 0.717) is 63.1 Å². The summed E-state index contributed by atoms with van der Waals surface area (Å²) >= 11 is 12.7. The zero-order valence-corrected chi connectivity index (χ0v) is 33.4. The fraction of sp³-hybridized carbons (Fsp3) is 0.500. The van der Waals surface area contributed by atoms with Gasteiger partial charge in [-0.05, 0) is 92.2 Å². The second kappa shape index (κ2) is 18.0. The molecule has 57 heavy (non-hydrogen) atoms. The summed E-state index contributed by atoms with van der Waals surface area (Å²) in [4.78, 5) is 31.7. The molecular formula is C40H44Cl3F6N3O5. The summed E-state index contributed by atoms with van der Waals surface area (Å²) in [6.07, 6.45) is -7.55. The second-order valence-electron chi connectivity index (χ2n) is 14.8. The first-order chi connectivity index (χ1) is 26.5. The number of aliphatic hydroxyl groups excluding tert-OH is 1. The normalized spacial score (nSPS) is 20.9. The van der Waals surface area contributed by atoms with E-state index in [1.54, 1.807) is 30.1 Å². The van der Waals surface area contributed by atoms with Crippen LogP contribution in [0.2, 0.25) is 10.0 Å². The van der Waals surface area contributed by atoms with E-state index in [0.717, 1.165) is 12.8 Å². The minimum atomic E-state index is -5.11. The topological polar surface area (TPSA) is 82.5 Å². The Balaban J connectivity index is 0.00000620. The molecule has 0 bridgehead atoms. The number of morpholine rings is 1. The van der Waals surface area contributed by atoms with Crippen LogP contribution in [0.4, 0.5) is 26.3 Å². The molecule has 3 aromatic carbocycles. The molecule has 2 heterocycles. The van der Waals surface area contributed by atoms with Crippen LogP contribution in [-0.4, -0.2) is 104 Å². The average molecular weight is 867 g/mol. The lowest BCUT2D eigenvalue weighted by Crippen LogP contribution is -2.54. The summed E-state index contributed by atoms with van der Waals surface area (Å²) in [5.41, 5.74) is -2.49. The highest BCUT2D eigenvalue weighted by Crippen LogP contribution is 2.48. The molecule has 1 spiro atoms. The highest BCUT2D eigenvalue weighted by molar-refractivity contribution is 6.42. The van der Waals surface area contributed by atoms with Crippen molar-refractivity contribution in [3.8, 4) is 0 Å². The van der Waals surface area contributed by atoms with Crippen molar-refractivity contribution in [3.63, 3.8) is 0 Å². The van der Waals surface area contributed by atoms with Crippen LogP contribution >= 0.6 is 35.6 Å². The molecule has 2 amide bonds. The average Bonchev–Trinajstić information content (AvgIpc) is 3.47. The molecule has 8 nitrogen and oxygen atoms in total. The standard InChI is InChI=1S/C40H43Cl2F6N3O5.ClH/c1-49(12-4-17-52)35(53)24-55-34-21-26-5-2-3-6-31(26)37(34)9-13-50(14-10-37)15-11-38(28-7-8-32(41)33(42)23-28)25-51(16-18-56-38)36(54)27-19-29(39(43,44)45)22-30(20-27)40(46,47)48;/h2-3,5-8,19-20,22-23,34,52H,4,9-18,21,24-25H2,1H3;1H/t34-,38+;/m0./s1. The number of benzene rings is 3. The smallest absolute Gasteiger partial charge is 0.396 e. The van der Waals surface area contributed by atoms with Gasteiger partial charge in [-0.2, -0.15) is 26.3 Å². The van der Waals surface area contributed by atoms with Crippen LogP contribution in [0.5, 0.6) is 0 Å². The number of nitrogens with zero attached hydrogens (tertiary/aromatic N) is 3. The fourth-order valence-corrected chi connectivity index (χ4v) is 8.56. The number of carbonyl (C=O) groups excluding carboxylic acids is 2. The molecule has 6 rings (SSSR count). The molecule has 2 saturated heterocycles. The maximum Gasteiger partial charge on any atom is 0.416 e. The second-order valence-corrected chi connectivity index (χ2v) is 15.6. The number of amides is 2. The van der Waals surface area contributed by atoms with Crippen molar-refractivity contribution >= 4 is 47.4 Å². The first-order valence-electron chi connectivity index (χ1n) is 18.4. The molecular weight excluding hydrogens is 823 g/mol. The lowest BCUT2D eigenvalue weighted by atomic mass is 9.72. The molecule has 0 unspecified atom stereocenters. The third-order valence-corrected chi connectivity index (χ3v) is 12.1. The highest BCUT2D eigenvalue weighted by Gasteiger charge is 2.50. The van der Waals surface area contributed by atoms with Gasteiger partial charge < -0.3 is 29.3 Å². The Hall–Kier alpha value is -3.11. The van der Waals surface area contributed by atoms with Crippen LogP contribution in [0.15, 0.2) is 60.7 Å². The molecule has 3 aliphatic rings. The van der Waals surface area contributed by atoms with Gasteiger partial charge in [0, 0.05) is 44.3 Å². The van der Waals surface area contributed by atoms with Gasteiger partial charge in [0.05, 0.1) is 40.4 Å². The Labute approximate surface area is 343 Å². The van der Waals surface area contributed by atoms with Crippen molar-refractivity contribution < 1.29 is 50.5 Å². The summed E-state index contributed by atoms with van der Waals surface area (Å²) in [6.45, 7) is 1.85. The summed E-state index contributed by atoms with van der Waals surface area (Å²) < 4.78 is 94.9. The van der Waals surface area contributed by atoms with Gasteiger partial charge in [0.1, 0.15) is 12.2 Å². The van der Waals surface area contributed by atoms with Crippen molar-refractivity contribution in [1.82, 2.24) is 14.7 Å². The molecule has 312 valence electrons. The first kappa shape index (κ1) is 45.0. The Bertz CT molecular complexity index is 1880. The molecule has 17 heteroatoms. The number of piperidine rings is 1. The van der Waals surface area contributed by atoms with Gasteiger partial charge in [0.2, 0.25) is 5.91 Å². The Morgan fingerprint density at radius 2 is 1.61 bits per heavy atom. The van der Waals surface area contributed by atoms with Crippen LogP contribution in [0.3, 0.4) is 0 Å². The monoisotopic (exact) mass is 865 g/mol. The van der Waals surface area contributed by atoms with Crippen molar-refractivity contribution in [2.24, 2.45) is 0 Å². The van der Waals surface area contributed by atoms with E-state index in [9.17, 15) is 35.9 Å². The van der Waals surface area contributed by atoms with E-state index in [-0.39, 0.29) is 78.9 Å². The number of carbonyl (C=O) groups is 2. The van der Waals surface area contributed by atoms with Crippen molar-refractivity contribution in [2.75, 3.05) is 66.1 Å². The number of hydrogen-bond donors (Lipinski definition) is 1. The van der Waals surface area contributed by atoms with Crippen LogP contribution in [-0.2, 0) is 44.1 Å². The molecule has 1 N–H and O–H groups in total. The van der Waals surface area contributed by atoms with Crippen molar-refractivity contribution in [1.29, 1.82) is 0 Å². The van der Waals surface area contributed by atoms with Crippen LogP contribution < -0.4 is 0 Å². The van der Waals surface area contributed by atoms with Gasteiger partial charge in [-0.25, -0.2) is 0 Å². The van der Waals surface area contributed by atoms with Gasteiger partial charge in [0.15, 0.2) is 0 Å². The first-order valence-corrected chi connectivity index (χ1v) is 19.2. The number of rotatable bonds is 11. The maximum absolute atomic E-state index is 13.8. The summed E-state index contributed by atoms with van der Waals surface area (Å²) in [6, 6.07) is 14.0. The van der Waals surface area contributed by atoms with E-state index < -0.39 is 40.6 Å². The summed E-state index contributed by atoms with van der Waals surface area (Å²) in [5, 5.41) is 9.65. The number of fused-ring (bicyclic) bond motifs is 2. The van der Waals surface area contributed by atoms with E-state index >= 15 is 0 Å². The van der Waals surface area contributed by atoms with E-state index in [2.05, 4.69) is 17.0 Å². The number of ether oxygens (including phenoxy) is 2. The van der Waals surface area contributed by atoms with Gasteiger partial charge >= 0.3 is 12.4 Å². The van der Waals surface area contributed by atoms with Crippen LogP contribution in [0.1, 0.15) is 63.9 Å². The summed E-state index contributed by atoms with van der Waals surface area (Å²) in [5.74, 6) is -1.15. The van der Waals surface area contributed by atoms with E-state index in [4.69, 9.17) is 37.8 Å². The summed E-state index contributed by atoms with van der Waals surface area (Å²) in [7, 11) is 1.68. The van der Waals surface area contributed by atoms with Crippen LogP contribution in [0.25, 0.3) is 0 Å². The number of halogens is 9. The third kappa shape index (κ3) is 9.86. The zero-order valence-electron chi connectivity index (χ0n) is 31.1. The van der Waals surface area contributed by atoms with Crippen LogP contribution in [0, 0.1) is 0 Å². The van der Waals surface area contributed by atoms with Gasteiger partial charge in [-0.15, -0.1) is 12.4 Å². The number of alkyl halides is 6. The van der Waals surface area contributed by atoms with Crippen molar-refractivity contribution in [2.45, 2.75) is 61.6 Å². The maximum atomic E-state index is 13.8. The number of aliphatic hydroxyl groups is 1. The number of likely N-dealkylation sites (N-methyl/N-ethyl adjacent to an activating group) is 1. The minimum absolute atomic E-state index is 0. The fourth-order valence-electron chi connectivity index (χ4n) is 8.26. The predicted octanol–water partition coefficient (Wildman–Crippen LogP) is 8.03. The molecule has 3 aromatic rings. The largest absolute Gasteiger partial charge is 0.416 e. The van der Waals surface area contributed by atoms with E-state index in [1.165, 1.54) is 16.0 Å². The number of hydrogen-bond acceptors (Lipinski definition) is 6. The lowest BCUT2D eigenvalue weighted by molar-refractivity contribution is -0.143. The molecule has 2 aliphatic heterocycles. The highest BCUT2D eigenvalue weighted by atomic mass is 35.5. The third-order valence-electron chi connectivity index (χ3n) is 11.4. The van der Waals surface area contributed by atoms with Gasteiger partial charge in [-0.3, -0.25) is 9.59 Å². The van der Waals surface area contributed by atoms with Gasteiger partial charge in [0.25, 0.3) is 5.91 Å². The van der Waals surface area contributed by atoms with E-state index in [1.807, 2.05) is 12.1 Å². The molecule has 0 aromatic heterocycles. The SMILES string of the molecule is CN(CCCO)C(=O)CO[C@H]1Cc2ccccc2C12CCN(CC[C@]1(c3ccc(Cl)c(Cl)c3)CN(C(=O)c3cc(C(F)(F)F)cc(C(F)(F)F)c3)CCO1)CC2.Cl. The Morgan fingerprint density at radius 3 is 2.25 bits per heavy atom. The Kier molecular flexibility index (Phi) is 14.2. The number of likely N-dealkylation sites (tertiary alicyclic amines) is 1. The molecule has 0 saturated carbocycles.